The Hall–Kier alpha value is -0.935. The van der Waals surface area contributed by atoms with Crippen LogP contribution in [-0.2, 0) is 23.3 Å². The summed E-state index contributed by atoms with van der Waals surface area (Å²) in [6, 6.07) is 12.5. The number of aromatic carboxylic acids is 1. The van der Waals surface area contributed by atoms with Crippen LogP contribution in [0.4, 0.5) is 0 Å². The van der Waals surface area contributed by atoms with E-state index in [1.807, 2.05) is 18.2 Å². The first-order valence-electron chi connectivity index (χ1n) is 4.97. The SMILES string of the molecule is O=C(O)c1cc[c]([Hg][Cl])cc1.c1ccncc1. The van der Waals surface area contributed by atoms with E-state index in [1.165, 1.54) is 0 Å². The molecule has 84 valence electrons. The minimum Gasteiger partial charge on any atom is -0.265 e. The van der Waals surface area contributed by atoms with Crippen molar-refractivity contribution in [1.82, 2.24) is 4.98 Å². The normalized spacial score (nSPS) is 8.53. The minimum atomic E-state index is -1.32. The van der Waals surface area contributed by atoms with E-state index < -0.39 is 29.3 Å². The monoisotopic (exact) mass is 437 g/mol. The van der Waals surface area contributed by atoms with Crippen molar-refractivity contribution in [3.63, 3.8) is 0 Å². The molecule has 1 aromatic heterocycles. The second-order valence-electron chi connectivity index (χ2n) is 3.16. The van der Waals surface area contributed by atoms with Crippen molar-refractivity contribution in [3.8, 4) is 0 Å². The largest absolute Gasteiger partial charge is 0.265 e. The van der Waals surface area contributed by atoms with Gasteiger partial charge in [-0.1, -0.05) is 6.07 Å². The molecule has 0 spiro atoms. The summed E-state index contributed by atoms with van der Waals surface area (Å²) in [5.41, 5.74) is 0.326. The van der Waals surface area contributed by atoms with Gasteiger partial charge in [-0.25, -0.2) is 0 Å². The summed E-state index contributed by atoms with van der Waals surface area (Å²) in [5, 5.41) is 8.53. The molecule has 5 heteroatoms. The molecule has 0 bridgehead atoms. The molecule has 1 heterocycles. The minimum absolute atomic E-state index is 0.326. The van der Waals surface area contributed by atoms with E-state index in [2.05, 4.69) is 4.98 Å². The van der Waals surface area contributed by atoms with E-state index in [0.717, 1.165) is 3.07 Å². The molecule has 0 amide bonds. The molecule has 3 nitrogen and oxygen atoms in total. The summed E-state index contributed by atoms with van der Waals surface area (Å²) in [6.07, 6.45) is 3.50. The molecule has 0 radical (unpaired) electrons. The molecular weight excluding hydrogens is 426 g/mol. The van der Waals surface area contributed by atoms with E-state index in [0.29, 0.717) is 5.56 Å². The van der Waals surface area contributed by atoms with Gasteiger partial charge in [0.15, 0.2) is 0 Å². The summed E-state index contributed by atoms with van der Waals surface area (Å²) >= 11 is -1.32. The number of rotatable bonds is 2. The number of carbonyl (C=O) groups is 1. The third-order valence-electron chi connectivity index (χ3n) is 1.92. The first kappa shape index (κ1) is 14.1. The van der Waals surface area contributed by atoms with Gasteiger partial charge in [-0.05, 0) is 12.1 Å². The van der Waals surface area contributed by atoms with Crippen molar-refractivity contribution < 1.29 is 33.2 Å². The second kappa shape index (κ2) is 8.20. The molecular formula is C12H10ClHgNO2. The number of halogens is 1. The second-order valence-corrected chi connectivity index (χ2v) is 9.72. The predicted octanol–water partition coefficient (Wildman–Crippen LogP) is 2.33. The van der Waals surface area contributed by atoms with Crippen molar-refractivity contribution in [3.05, 3.63) is 60.4 Å². The van der Waals surface area contributed by atoms with Crippen LogP contribution >= 0.6 is 8.25 Å². The van der Waals surface area contributed by atoms with Gasteiger partial charge in [-0.3, -0.25) is 4.98 Å². The van der Waals surface area contributed by atoms with E-state index in [9.17, 15) is 4.79 Å². The van der Waals surface area contributed by atoms with Crippen molar-refractivity contribution in [1.29, 1.82) is 0 Å². The maximum absolute atomic E-state index is 10.4. The summed E-state index contributed by atoms with van der Waals surface area (Å²) in [4.78, 5) is 14.2. The van der Waals surface area contributed by atoms with Crippen molar-refractivity contribution in [2.75, 3.05) is 0 Å². The van der Waals surface area contributed by atoms with Crippen LogP contribution in [0, 0.1) is 0 Å². The fourth-order valence-corrected chi connectivity index (χ4v) is 4.22. The van der Waals surface area contributed by atoms with Crippen molar-refractivity contribution in [2.24, 2.45) is 0 Å². The van der Waals surface area contributed by atoms with Gasteiger partial charge in [0.05, 0.1) is 0 Å². The van der Waals surface area contributed by atoms with Crippen LogP contribution in [0.25, 0.3) is 0 Å². The van der Waals surface area contributed by atoms with Crippen LogP contribution in [0.2, 0.25) is 0 Å². The van der Waals surface area contributed by atoms with Crippen molar-refractivity contribution in [2.45, 2.75) is 0 Å². The van der Waals surface area contributed by atoms with Crippen LogP contribution in [0.15, 0.2) is 54.9 Å². The fourth-order valence-electron chi connectivity index (χ4n) is 1.05. The molecule has 2 rings (SSSR count). The fraction of sp³-hybridized carbons (Fsp3) is 0. The van der Waals surface area contributed by atoms with Gasteiger partial charge in [0.2, 0.25) is 0 Å². The number of benzene rings is 1. The molecule has 0 saturated heterocycles. The maximum Gasteiger partial charge on any atom is 0.0267 e. The number of carboxylic acid groups (broad SMARTS) is 1. The van der Waals surface area contributed by atoms with E-state index in [1.54, 1.807) is 36.7 Å². The molecule has 0 aliphatic carbocycles. The third-order valence-corrected chi connectivity index (χ3v) is 7.66. The molecule has 0 saturated carbocycles. The van der Waals surface area contributed by atoms with Gasteiger partial charge in [-0.15, -0.1) is 0 Å². The Morgan fingerprint density at radius 1 is 1.12 bits per heavy atom. The topological polar surface area (TPSA) is 50.2 Å². The van der Waals surface area contributed by atoms with Gasteiger partial charge < -0.3 is 0 Å². The van der Waals surface area contributed by atoms with Gasteiger partial charge in [-0.2, -0.15) is 0 Å². The average Bonchev–Trinajstić information content (AvgIpc) is 2.41. The number of nitrogens with zero attached hydrogens (tertiary/aromatic N) is 1. The molecule has 0 fully saturated rings. The smallest absolute Gasteiger partial charge is 0.0267 e. The molecule has 0 atom stereocenters. The molecule has 0 aliphatic rings. The summed E-state index contributed by atoms with van der Waals surface area (Å²) in [5.74, 6) is -0.886. The Morgan fingerprint density at radius 2 is 1.71 bits per heavy atom. The molecule has 1 aromatic carbocycles. The zero-order chi connectivity index (χ0) is 12.5. The number of hydrogen-bond acceptors (Lipinski definition) is 2. The summed E-state index contributed by atoms with van der Waals surface area (Å²) in [7, 11) is 5.73. The van der Waals surface area contributed by atoms with Crippen LogP contribution in [0.1, 0.15) is 10.4 Å². The zero-order valence-corrected chi connectivity index (χ0v) is 15.3. The van der Waals surface area contributed by atoms with Crippen LogP contribution < -0.4 is 3.07 Å². The first-order valence-corrected chi connectivity index (χ1v) is 14.5. The molecule has 0 unspecified atom stereocenters. The summed E-state index contributed by atoms with van der Waals surface area (Å²) in [6.45, 7) is 0. The quantitative estimate of drug-likeness (QED) is 0.736. The predicted molar refractivity (Wildman–Crippen MR) is 63.1 cm³/mol. The number of aromatic nitrogens is 1. The summed E-state index contributed by atoms with van der Waals surface area (Å²) < 4.78 is 1.15. The first-order chi connectivity index (χ1) is 8.24. The molecule has 2 aromatic rings. The van der Waals surface area contributed by atoms with E-state index in [4.69, 9.17) is 13.4 Å². The molecule has 0 aliphatic heterocycles. The third kappa shape index (κ3) is 5.80. The number of hydrogen-bond donors (Lipinski definition) is 1. The van der Waals surface area contributed by atoms with E-state index in [-0.39, 0.29) is 0 Å². The van der Waals surface area contributed by atoms with Crippen LogP contribution in [0.3, 0.4) is 0 Å². The van der Waals surface area contributed by atoms with Crippen LogP contribution in [0.5, 0.6) is 0 Å². The molecule has 1 N–H and O–H groups in total. The Labute approximate surface area is 115 Å². The zero-order valence-electron chi connectivity index (χ0n) is 9.08. The van der Waals surface area contributed by atoms with E-state index >= 15 is 0 Å². The average molecular weight is 436 g/mol. The van der Waals surface area contributed by atoms with Gasteiger partial charge in [0, 0.05) is 12.4 Å². The molecule has 17 heavy (non-hydrogen) atoms. The maximum atomic E-state index is 10.4. The van der Waals surface area contributed by atoms with Crippen LogP contribution in [-0.4, -0.2) is 16.1 Å². The Morgan fingerprint density at radius 3 is 2.00 bits per heavy atom. The Balaban J connectivity index is 0.000000202. The van der Waals surface area contributed by atoms with Gasteiger partial charge in [0.1, 0.15) is 0 Å². The van der Waals surface area contributed by atoms with Gasteiger partial charge >= 0.3 is 80.4 Å². The standard InChI is InChI=1S/C7H5O2.C5H5N.ClH.Hg/c8-7(9)6-4-2-1-3-5-6;1-2-4-6-5-3-1;;/h2-5H,(H,8,9);1-5H;1H;/q;;;+1/p-1. The Kier molecular flexibility index (Phi) is 6.81. The van der Waals surface area contributed by atoms with Crippen molar-refractivity contribution >= 4 is 17.3 Å². The Bertz CT molecular complexity index is 421. The number of pyridine rings is 1. The number of carboxylic acids is 1. The van der Waals surface area contributed by atoms with Gasteiger partial charge in [0.25, 0.3) is 0 Å².